The van der Waals surface area contributed by atoms with Crippen LogP contribution in [0.3, 0.4) is 0 Å². The SMILES string of the molecule is Cc1occc1-c1nnc(SCC(=O)N(CCC#N)Cc2ccco2)o1. The summed E-state index contributed by atoms with van der Waals surface area (Å²) >= 11 is 1.15. The van der Waals surface area contributed by atoms with Gasteiger partial charge in [0.15, 0.2) is 0 Å². The Balaban J connectivity index is 1.60. The predicted molar refractivity (Wildman–Crippen MR) is 91.8 cm³/mol. The van der Waals surface area contributed by atoms with Gasteiger partial charge in [0.05, 0.1) is 42.9 Å². The molecule has 0 fully saturated rings. The van der Waals surface area contributed by atoms with Crippen LogP contribution in [0.5, 0.6) is 0 Å². The molecule has 0 aliphatic rings. The Morgan fingerprint density at radius 3 is 2.88 bits per heavy atom. The standard InChI is InChI=1S/C17H16N4O4S/c1-12-14(5-9-23-12)16-19-20-17(25-16)26-11-15(22)21(7-3-6-18)10-13-4-2-8-24-13/h2,4-5,8-9H,3,7,10-11H2,1H3. The molecular weight excluding hydrogens is 356 g/mol. The summed E-state index contributed by atoms with van der Waals surface area (Å²) in [6.45, 7) is 2.45. The Kier molecular flexibility index (Phi) is 5.76. The zero-order valence-corrected chi connectivity index (χ0v) is 14.9. The first-order valence-corrected chi connectivity index (χ1v) is 8.84. The van der Waals surface area contributed by atoms with Gasteiger partial charge >= 0.3 is 0 Å². The first-order valence-electron chi connectivity index (χ1n) is 7.85. The lowest BCUT2D eigenvalue weighted by Gasteiger charge is -2.19. The number of furan rings is 2. The number of nitriles is 1. The highest BCUT2D eigenvalue weighted by Gasteiger charge is 2.18. The highest BCUT2D eigenvalue weighted by molar-refractivity contribution is 7.99. The fraction of sp³-hybridized carbons (Fsp3) is 0.294. The topological polar surface area (TPSA) is 109 Å². The Hall–Kier alpha value is -2.99. The Morgan fingerprint density at radius 2 is 2.19 bits per heavy atom. The van der Waals surface area contributed by atoms with E-state index in [9.17, 15) is 4.79 Å². The smallest absolute Gasteiger partial charge is 0.277 e. The molecule has 3 aromatic rings. The van der Waals surface area contributed by atoms with Crippen molar-refractivity contribution in [3.63, 3.8) is 0 Å². The molecule has 3 heterocycles. The molecule has 0 bridgehead atoms. The third-order valence-electron chi connectivity index (χ3n) is 3.59. The van der Waals surface area contributed by atoms with Crippen molar-refractivity contribution in [1.29, 1.82) is 5.26 Å². The minimum Gasteiger partial charge on any atom is -0.469 e. The number of amides is 1. The first-order chi connectivity index (χ1) is 12.7. The number of carbonyl (C=O) groups is 1. The summed E-state index contributed by atoms with van der Waals surface area (Å²) in [6.07, 6.45) is 3.35. The van der Waals surface area contributed by atoms with E-state index in [0.29, 0.717) is 35.7 Å². The second kappa shape index (κ2) is 8.40. The van der Waals surface area contributed by atoms with Gasteiger partial charge in [-0.05, 0) is 25.1 Å². The quantitative estimate of drug-likeness (QED) is 0.554. The molecule has 0 aliphatic carbocycles. The molecule has 0 aromatic carbocycles. The van der Waals surface area contributed by atoms with Gasteiger partial charge in [0.1, 0.15) is 11.5 Å². The number of hydrogen-bond donors (Lipinski definition) is 0. The third kappa shape index (κ3) is 4.34. The summed E-state index contributed by atoms with van der Waals surface area (Å²) in [5.74, 6) is 1.68. The highest BCUT2D eigenvalue weighted by atomic mass is 32.2. The molecule has 0 atom stereocenters. The molecule has 0 N–H and O–H groups in total. The van der Waals surface area contributed by atoms with Crippen molar-refractivity contribution in [2.24, 2.45) is 0 Å². The van der Waals surface area contributed by atoms with Crippen LogP contribution in [0.1, 0.15) is 17.9 Å². The average Bonchev–Trinajstić information content (AvgIpc) is 3.38. The van der Waals surface area contributed by atoms with Gasteiger partial charge in [-0.25, -0.2) is 0 Å². The van der Waals surface area contributed by atoms with Gasteiger partial charge < -0.3 is 18.2 Å². The van der Waals surface area contributed by atoms with Crippen LogP contribution < -0.4 is 0 Å². The molecule has 0 saturated heterocycles. The molecule has 0 aliphatic heterocycles. The van der Waals surface area contributed by atoms with Gasteiger partial charge in [0.2, 0.25) is 5.91 Å². The molecule has 3 rings (SSSR count). The summed E-state index contributed by atoms with van der Waals surface area (Å²) in [5, 5.41) is 17.0. The number of thioether (sulfide) groups is 1. The number of carbonyl (C=O) groups excluding carboxylic acids is 1. The average molecular weight is 372 g/mol. The zero-order chi connectivity index (χ0) is 18.4. The predicted octanol–water partition coefficient (Wildman–Crippen LogP) is 3.27. The van der Waals surface area contributed by atoms with E-state index in [1.165, 1.54) is 0 Å². The molecular formula is C17H16N4O4S. The molecule has 134 valence electrons. The van der Waals surface area contributed by atoms with Crippen molar-refractivity contribution < 1.29 is 18.0 Å². The lowest BCUT2D eigenvalue weighted by molar-refractivity contribution is -0.129. The summed E-state index contributed by atoms with van der Waals surface area (Å²) in [7, 11) is 0. The van der Waals surface area contributed by atoms with Crippen molar-refractivity contribution in [2.75, 3.05) is 12.3 Å². The molecule has 26 heavy (non-hydrogen) atoms. The number of aryl methyl sites for hydroxylation is 1. The van der Waals surface area contributed by atoms with Crippen LogP contribution in [0.15, 0.2) is 49.2 Å². The van der Waals surface area contributed by atoms with Crippen molar-refractivity contribution in [1.82, 2.24) is 15.1 Å². The summed E-state index contributed by atoms with van der Waals surface area (Å²) < 4.78 is 16.1. The van der Waals surface area contributed by atoms with Gasteiger partial charge in [-0.1, -0.05) is 11.8 Å². The highest BCUT2D eigenvalue weighted by Crippen LogP contribution is 2.26. The Bertz CT molecular complexity index is 894. The van der Waals surface area contributed by atoms with Gasteiger partial charge in [-0.15, -0.1) is 10.2 Å². The molecule has 0 saturated carbocycles. The molecule has 0 spiro atoms. The van der Waals surface area contributed by atoms with E-state index < -0.39 is 0 Å². The summed E-state index contributed by atoms with van der Waals surface area (Å²) in [6, 6.07) is 7.34. The Morgan fingerprint density at radius 1 is 1.31 bits per heavy atom. The monoisotopic (exact) mass is 372 g/mol. The van der Waals surface area contributed by atoms with Gasteiger partial charge in [0, 0.05) is 6.54 Å². The van der Waals surface area contributed by atoms with Crippen molar-refractivity contribution >= 4 is 17.7 Å². The lowest BCUT2D eigenvalue weighted by Crippen LogP contribution is -2.32. The number of aromatic nitrogens is 2. The molecule has 0 unspecified atom stereocenters. The Labute approximate surface area is 153 Å². The van der Waals surface area contributed by atoms with Crippen molar-refractivity contribution in [3.8, 4) is 17.5 Å². The maximum Gasteiger partial charge on any atom is 0.277 e. The fourth-order valence-corrected chi connectivity index (χ4v) is 2.93. The number of rotatable bonds is 8. The molecule has 8 nitrogen and oxygen atoms in total. The summed E-state index contributed by atoms with van der Waals surface area (Å²) in [4.78, 5) is 14.1. The van der Waals surface area contributed by atoms with Crippen LogP contribution in [-0.2, 0) is 11.3 Å². The van der Waals surface area contributed by atoms with Crippen molar-refractivity contribution in [2.45, 2.75) is 25.1 Å². The molecule has 1 amide bonds. The van der Waals surface area contributed by atoms with Gasteiger partial charge in [0.25, 0.3) is 11.1 Å². The van der Waals surface area contributed by atoms with E-state index in [4.69, 9.17) is 18.5 Å². The normalized spacial score (nSPS) is 10.6. The van der Waals surface area contributed by atoms with Crippen LogP contribution in [0.2, 0.25) is 0 Å². The van der Waals surface area contributed by atoms with Crippen LogP contribution >= 0.6 is 11.8 Å². The number of hydrogen-bond acceptors (Lipinski definition) is 8. The summed E-state index contributed by atoms with van der Waals surface area (Å²) in [5.41, 5.74) is 0.726. The van der Waals surface area contributed by atoms with E-state index in [1.807, 2.05) is 6.07 Å². The minimum absolute atomic E-state index is 0.123. The maximum atomic E-state index is 12.5. The second-order valence-electron chi connectivity index (χ2n) is 5.36. The molecule has 9 heteroatoms. The fourth-order valence-electron chi connectivity index (χ4n) is 2.27. The van der Waals surface area contributed by atoms with E-state index in [0.717, 1.165) is 17.3 Å². The zero-order valence-electron chi connectivity index (χ0n) is 14.0. The van der Waals surface area contributed by atoms with Crippen LogP contribution in [0.25, 0.3) is 11.5 Å². The van der Waals surface area contributed by atoms with Gasteiger partial charge in [-0.2, -0.15) is 5.26 Å². The van der Waals surface area contributed by atoms with E-state index >= 15 is 0 Å². The molecule has 3 aromatic heterocycles. The number of nitrogens with zero attached hydrogens (tertiary/aromatic N) is 4. The van der Waals surface area contributed by atoms with E-state index in [1.54, 1.807) is 42.5 Å². The maximum absolute atomic E-state index is 12.5. The van der Waals surface area contributed by atoms with Crippen molar-refractivity contribution in [3.05, 3.63) is 42.2 Å². The van der Waals surface area contributed by atoms with E-state index in [2.05, 4.69) is 10.2 Å². The van der Waals surface area contributed by atoms with E-state index in [-0.39, 0.29) is 18.1 Å². The first kappa shape index (κ1) is 17.8. The lowest BCUT2D eigenvalue weighted by atomic mass is 10.3. The van der Waals surface area contributed by atoms with Gasteiger partial charge in [-0.3, -0.25) is 4.79 Å². The van der Waals surface area contributed by atoms with Crippen LogP contribution in [0, 0.1) is 18.3 Å². The molecule has 0 radical (unpaired) electrons. The van der Waals surface area contributed by atoms with Crippen LogP contribution in [0.4, 0.5) is 0 Å². The minimum atomic E-state index is -0.138. The third-order valence-corrected chi connectivity index (χ3v) is 4.39. The second-order valence-corrected chi connectivity index (χ2v) is 6.28. The van der Waals surface area contributed by atoms with Crippen LogP contribution in [-0.4, -0.2) is 33.3 Å². The largest absolute Gasteiger partial charge is 0.469 e.